The van der Waals surface area contributed by atoms with Gasteiger partial charge in [0.15, 0.2) is 29.1 Å². The van der Waals surface area contributed by atoms with Crippen LogP contribution in [-0.2, 0) is 23.2 Å². The first kappa shape index (κ1) is 30.7. The Balaban J connectivity index is 0.00000198. The Morgan fingerprint density at radius 2 is 1.88 bits per heavy atom. The molecule has 5 rings (SSSR count). The fourth-order valence-electron chi connectivity index (χ4n) is 5.06. The molecule has 0 radical (unpaired) electrons. The Labute approximate surface area is 238 Å². The summed E-state index contributed by atoms with van der Waals surface area (Å²) in [7, 11) is 1.49. The van der Waals surface area contributed by atoms with Crippen molar-refractivity contribution < 1.29 is 35.9 Å². The van der Waals surface area contributed by atoms with Gasteiger partial charge < -0.3 is 19.0 Å². The Kier molecular flexibility index (Phi) is 8.97. The Morgan fingerprint density at radius 1 is 1.12 bits per heavy atom. The van der Waals surface area contributed by atoms with E-state index in [9.17, 15) is 26.7 Å². The first-order valence-electron chi connectivity index (χ1n) is 13.3. The summed E-state index contributed by atoms with van der Waals surface area (Å²) in [4.78, 5) is 17.5. The molecule has 1 atom stereocenters. The van der Waals surface area contributed by atoms with Gasteiger partial charge in [-0.15, -0.1) is 10.2 Å². The van der Waals surface area contributed by atoms with E-state index in [0.717, 1.165) is 12.1 Å². The predicted octanol–water partition coefficient (Wildman–Crippen LogP) is 6.17. The highest BCUT2D eigenvalue weighted by Gasteiger charge is 2.48. The van der Waals surface area contributed by atoms with E-state index < -0.39 is 35.7 Å². The number of benzene rings is 2. The molecule has 1 N–H and O–H groups in total. The maximum Gasteiger partial charge on any atom is 0.405 e. The number of hydrogen-bond donors (Lipinski definition) is 1. The van der Waals surface area contributed by atoms with Crippen molar-refractivity contribution in [3.05, 3.63) is 71.5 Å². The van der Waals surface area contributed by atoms with Gasteiger partial charge in [-0.1, -0.05) is 26.0 Å². The zero-order valence-corrected chi connectivity index (χ0v) is 23.5. The van der Waals surface area contributed by atoms with E-state index >= 15 is 0 Å². The normalized spacial score (nSPS) is 16.3. The highest BCUT2D eigenvalue weighted by molar-refractivity contribution is 5.88. The second-order valence-corrected chi connectivity index (χ2v) is 9.57. The molecule has 1 aliphatic rings. The van der Waals surface area contributed by atoms with Crippen LogP contribution in [0.1, 0.15) is 44.0 Å². The van der Waals surface area contributed by atoms with Crippen molar-refractivity contribution in [2.75, 3.05) is 13.7 Å². The van der Waals surface area contributed by atoms with Gasteiger partial charge in [-0.25, -0.2) is 13.8 Å². The maximum atomic E-state index is 14.0. The van der Waals surface area contributed by atoms with Gasteiger partial charge in [-0.2, -0.15) is 13.2 Å². The van der Waals surface area contributed by atoms with Crippen LogP contribution in [0.25, 0.3) is 22.7 Å². The average Bonchev–Trinajstić information content (AvgIpc) is 3.61. The molecule has 13 heteroatoms. The summed E-state index contributed by atoms with van der Waals surface area (Å²) in [5.41, 5.74) is -0.160. The number of aromatic nitrogens is 4. The summed E-state index contributed by atoms with van der Waals surface area (Å²) in [5.74, 6) is -1.20. The molecule has 0 aliphatic carbocycles. The summed E-state index contributed by atoms with van der Waals surface area (Å²) < 4.78 is 79.5. The van der Waals surface area contributed by atoms with Crippen LogP contribution in [0.5, 0.6) is 5.75 Å². The number of methoxy groups -OCH3 is 1. The molecule has 42 heavy (non-hydrogen) atoms. The number of rotatable bonds is 7. The molecule has 1 amide bonds. The lowest BCUT2D eigenvalue weighted by molar-refractivity contribution is -0.142. The highest BCUT2D eigenvalue weighted by atomic mass is 19.4. The average molecular weight is 592 g/mol. The third kappa shape index (κ3) is 6.14. The summed E-state index contributed by atoms with van der Waals surface area (Å²) in [6.07, 6.45) is -2.77. The molecular weight excluding hydrogens is 561 g/mol. The van der Waals surface area contributed by atoms with Crippen LogP contribution in [0, 0.1) is 18.6 Å². The molecule has 224 valence electrons. The van der Waals surface area contributed by atoms with E-state index in [0.29, 0.717) is 47.3 Å². The minimum atomic E-state index is -4.65. The van der Waals surface area contributed by atoms with Crippen molar-refractivity contribution in [2.24, 2.45) is 0 Å². The quantitative estimate of drug-likeness (QED) is 0.258. The van der Waals surface area contributed by atoms with Crippen LogP contribution in [0.15, 0.2) is 47.0 Å². The summed E-state index contributed by atoms with van der Waals surface area (Å²) in [6, 6.07) is 8.35. The SMILES string of the molecule is CC.COc1cc(-c2nnc3n2CCCC3(Cc2ccc(F)c(F)c2)C(=O)NCC(F)(F)F)ccc1-c1cnc(C)o1. The highest BCUT2D eigenvalue weighted by Crippen LogP contribution is 2.40. The maximum absolute atomic E-state index is 14.0. The molecule has 0 fully saturated rings. The summed E-state index contributed by atoms with van der Waals surface area (Å²) >= 11 is 0. The molecule has 0 saturated heterocycles. The summed E-state index contributed by atoms with van der Waals surface area (Å²) in [6.45, 7) is 4.55. The number of ether oxygens (including phenoxy) is 1. The largest absolute Gasteiger partial charge is 0.496 e. The third-order valence-electron chi connectivity index (χ3n) is 6.88. The van der Waals surface area contributed by atoms with E-state index in [-0.39, 0.29) is 24.2 Å². The fourth-order valence-corrected chi connectivity index (χ4v) is 5.06. The number of alkyl halides is 3. The molecule has 0 saturated carbocycles. The number of carbonyl (C=O) groups excluding carboxylic acids is 1. The molecule has 3 heterocycles. The number of amides is 1. The van der Waals surface area contributed by atoms with Gasteiger partial charge in [0, 0.05) is 19.0 Å². The topological polar surface area (TPSA) is 95.1 Å². The Morgan fingerprint density at radius 3 is 2.52 bits per heavy atom. The second kappa shape index (κ2) is 12.3. The van der Waals surface area contributed by atoms with Crippen molar-refractivity contribution in [2.45, 2.75) is 58.2 Å². The van der Waals surface area contributed by atoms with E-state index in [2.05, 4.69) is 15.2 Å². The number of oxazole rings is 1. The predicted molar refractivity (Wildman–Crippen MR) is 144 cm³/mol. The van der Waals surface area contributed by atoms with Crippen LogP contribution >= 0.6 is 0 Å². The number of fused-ring (bicyclic) bond motifs is 1. The van der Waals surface area contributed by atoms with Crippen molar-refractivity contribution >= 4 is 5.91 Å². The van der Waals surface area contributed by atoms with Crippen LogP contribution in [-0.4, -0.2) is 45.5 Å². The number of halogens is 5. The molecule has 0 bridgehead atoms. The molecule has 8 nitrogen and oxygen atoms in total. The lowest BCUT2D eigenvalue weighted by atomic mass is 9.74. The van der Waals surface area contributed by atoms with Crippen molar-refractivity contribution in [1.29, 1.82) is 0 Å². The number of hydrogen-bond acceptors (Lipinski definition) is 6. The lowest BCUT2D eigenvalue weighted by Crippen LogP contribution is -2.51. The molecule has 2 aromatic heterocycles. The van der Waals surface area contributed by atoms with E-state index in [4.69, 9.17) is 9.15 Å². The summed E-state index contributed by atoms with van der Waals surface area (Å²) in [5, 5.41) is 10.5. The molecule has 1 unspecified atom stereocenters. The lowest BCUT2D eigenvalue weighted by Gasteiger charge is -2.36. The Bertz CT molecular complexity index is 1570. The van der Waals surface area contributed by atoms with Gasteiger partial charge >= 0.3 is 6.18 Å². The van der Waals surface area contributed by atoms with Crippen molar-refractivity contribution in [3.8, 4) is 28.5 Å². The third-order valence-corrected chi connectivity index (χ3v) is 6.88. The Hall–Kier alpha value is -4.29. The van der Waals surface area contributed by atoms with Crippen LogP contribution < -0.4 is 10.1 Å². The van der Waals surface area contributed by atoms with E-state index in [1.54, 1.807) is 35.9 Å². The van der Waals surface area contributed by atoms with Gasteiger partial charge in [-0.05, 0) is 49.1 Å². The molecular formula is C29H30F5N5O3. The van der Waals surface area contributed by atoms with Crippen LogP contribution in [0.3, 0.4) is 0 Å². The zero-order chi connectivity index (χ0) is 30.7. The zero-order valence-electron chi connectivity index (χ0n) is 23.5. The number of nitrogens with one attached hydrogen (secondary N) is 1. The van der Waals surface area contributed by atoms with Gasteiger partial charge in [0.1, 0.15) is 23.5 Å². The van der Waals surface area contributed by atoms with Crippen molar-refractivity contribution in [1.82, 2.24) is 25.1 Å². The molecule has 0 spiro atoms. The van der Waals surface area contributed by atoms with Gasteiger partial charge in [0.2, 0.25) is 5.91 Å². The van der Waals surface area contributed by atoms with Crippen molar-refractivity contribution in [3.63, 3.8) is 0 Å². The number of aryl methyl sites for hydroxylation is 1. The number of nitrogens with zero attached hydrogens (tertiary/aromatic N) is 4. The fraction of sp³-hybridized carbons (Fsp3) is 0.379. The smallest absolute Gasteiger partial charge is 0.405 e. The molecule has 2 aromatic carbocycles. The monoisotopic (exact) mass is 591 g/mol. The minimum Gasteiger partial charge on any atom is -0.496 e. The van der Waals surface area contributed by atoms with Crippen LogP contribution in [0.2, 0.25) is 0 Å². The first-order chi connectivity index (χ1) is 20.0. The second-order valence-electron chi connectivity index (χ2n) is 9.57. The first-order valence-corrected chi connectivity index (χ1v) is 13.3. The van der Waals surface area contributed by atoms with Gasteiger partial charge in [0.05, 0.1) is 18.9 Å². The molecule has 4 aromatic rings. The minimum absolute atomic E-state index is 0.126. The van der Waals surface area contributed by atoms with Gasteiger partial charge in [-0.3, -0.25) is 4.79 Å². The van der Waals surface area contributed by atoms with E-state index in [1.165, 1.54) is 13.2 Å². The van der Waals surface area contributed by atoms with Crippen LogP contribution in [0.4, 0.5) is 22.0 Å². The van der Waals surface area contributed by atoms with Gasteiger partial charge in [0.25, 0.3) is 0 Å². The molecule has 1 aliphatic heterocycles. The number of carbonyl (C=O) groups is 1. The van der Waals surface area contributed by atoms with E-state index in [1.807, 2.05) is 19.2 Å². The standard InChI is InChI=1S/C27H24F5N5O3.C2H6/c1-15-33-13-22(40-15)18-6-5-17(11-21(18)39-2)23-35-36-24-26(8-3-9-37(23)24,25(38)34-14-27(30,31)32)12-16-4-7-19(28)20(29)10-16;1-2/h4-7,10-11,13H,3,8-9,12,14H2,1-2H3,(H,34,38);1-2H3.